The smallest absolute Gasteiger partial charge is 0.341 e. The van der Waals surface area contributed by atoms with Crippen molar-refractivity contribution in [1.82, 2.24) is 4.90 Å². The van der Waals surface area contributed by atoms with Gasteiger partial charge in [-0.25, -0.2) is 4.79 Å². The predicted molar refractivity (Wildman–Crippen MR) is 64.7 cm³/mol. The normalized spacial score (nSPS) is 45.9. The quantitative estimate of drug-likeness (QED) is 0.542. The molecule has 0 radical (unpaired) electrons. The van der Waals surface area contributed by atoms with E-state index in [-0.39, 0.29) is 11.6 Å². The summed E-state index contributed by atoms with van der Waals surface area (Å²) in [6.45, 7) is 9.43. The summed E-state index contributed by atoms with van der Waals surface area (Å²) in [6.07, 6.45) is 0.903. The number of rotatable bonds is 2. The zero-order valence-electron chi connectivity index (χ0n) is 11.4. The van der Waals surface area contributed by atoms with E-state index in [2.05, 4.69) is 25.8 Å². The summed E-state index contributed by atoms with van der Waals surface area (Å²) < 4.78 is 11.0. The van der Waals surface area contributed by atoms with E-state index in [1.54, 1.807) is 0 Å². The molecule has 2 aliphatic rings. The van der Waals surface area contributed by atoms with Crippen LogP contribution in [0.1, 0.15) is 34.1 Å². The van der Waals surface area contributed by atoms with Crippen molar-refractivity contribution in [3.63, 3.8) is 0 Å². The zero-order valence-corrected chi connectivity index (χ0v) is 11.4. The van der Waals surface area contributed by atoms with Crippen LogP contribution in [0.4, 0.5) is 0 Å². The molecule has 0 aromatic carbocycles. The summed E-state index contributed by atoms with van der Waals surface area (Å²) in [6, 6.07) is 0.447. The fourth-order valence-electron chi connectivity index (χ4n) is 3.18. The van der Waals surface area contributed by atoms with Gasteiger partial charge in [-0.05, 0) is 34.2 Å². The third kappa shape index (κ3) is 1.69. The van der Waals surface area contributed by atoms with Gasteiger partial charge in [0.15, 0.2) is 5.60 Å². The summed E-state index contributed by atoms with van der Waals surface area (Å²) in [5, 5.41) is 0. The van der Waals surface area contributed by atoms with Gasteiger partial charge in [0.25, 0.3) is 0 Å². The number of carbonyl (C=O) groups excluding carboxylic acids is 1. The second kappa shape index (κ2) is 3.95. The average molecular weight is 241 g/mol. The lowest BCUT2D eigenvalue weighted by Crippen LogP contribution is -2.51. The van der Waals surface area contributed by atoms with Crippen LogP contribution in [-0.2, 0) is 14.3 Å². The van der Waals surface area contributed by atoms with Gasteiger partial charge in [-0.15, -0.1) is 0 Å². The Morgan fingerprint density at radius 2 is 2.18 bits per heavy atom. The van der Waals surface area contributed by atoms with Crippen molar-refractivity contribution in [2.45, 2.75) is 51.4 Å². The molecule has 2 saturated heterocycles. The van der Waals surface area contributed by atoms with E-state index in [4.69, 9.17) is 9.47 Å². The van der Waals surface area contributed by atoms with Crippen molar-refractivity contribution in [3.05, 3.63) is 0 Å². The number of ether oxygens (including phenoxy) is 2. The minimum absolute atomic E-state index is 0.205. The van der Waals surface area contributed by atoms with Crippen LogP contribution in [0.3, 0.4) is 0 Å². The monoisotopic (exact) mass is 241 g/mol. The van der Waals surface area contributed by atoms with Gasteiger partial charge in [-0.1, -0.05) is 6.92 Å². The molecular formula is C13H23NO3. The second-order valence-electron chi connectivity index (χ2n) is 5.64. The molecule has 0 N–H and O–H groups in total. The fraction of sp³-hybridized carbons (Fsp3) is 0.923. The Labute approximate surface area is 103 Å². The molecule has 17 heavy (non-hydrogen) atoms. The summed E-state index contributed by atoms with van der Waals surface area (Å²) >= 11 is 0. The van der Waals surface area contributed by atoms with Crippen LogP contribution in [0.5, 0.6) is 0 Å². The van der Waals surface area contributed by atoms with Gasteiger partial charge >= 0.3 is 5.97 Å². The zero-order chi connectivity index (χ0) is 12.8. The highest BCUT2D eigenvalue weighted by Gasteiger charge is 2.75. The van der Waals surface area contributed by atoms with Gasteiger partial charge in [-0.2, -0.15) is 0 Å². The molecular weight excluding hydrogens is 218 g/mol. The van der Waals surface area contributed by atoms with Crippen LogP contribution in [-0.4, -0.2) is 48.3 Å². The average Bonchev–Trinajstić information content (AvgIpc) is 2.85. The Kier molecular flexibility index (Phi) is 2.99. The highest BCUT2D eigenvalue weighted by molar-refractivity contribution is 5.84. The van der Waals surface area contributed by atoms with Gasteiger partial charge in [-0.3, -0.25) is 0 Å². The SMILES string of the molecule is CCOC(=O)[C@]1(C)O[C@]12C[C@@H](C)N(C)C[C@H]2C. The van der Waals surface area contributed by atoms with Gasteiger partial charge in [0, 0.05) is 18.5 Å². The molecule has 2 fully saturated rings. The molecule has 4 nitrogen and oxygen atoms in total. The first-order valence-corrected chi connectivity index (χ1v) is 6.45. The molecule has 0 aliphatic carbocycles. The highest BCUT2D eigenvalue weighted by Crippen LogP contribution is 2.58. The maximum Gasteiger partial charge on any atom is 0.341 e. The second-order valence-corrected chi connectivity index (χ2v) is 5.64. The first-order chi connectivity index (χ1) is 7.87. The summed E-state index contributed by atoms with van der Waals surface area (Å²) in [5.41, 5.74) is -1.02. The molecule has 0 saturated carbocycles. The molecule has 2 rings (SSSR count). The van der Waals surface area contributed by atoms with Crippen molar-refractivity contribution < 1.29 is 14.3 Å². The number of hydrogen-bond donors (Lipinski definition) is 0. The molecule has 1 spiro atoms. The number of piperidine rings is 1. The van der Waals surface area contributed by atoms with Crippen molar-refractivity contribution in [2.75, 3.05) is 20.2 Å². The Morgan fingerprint density at radius 3 is 2.76 bits per heavy atom. The Hall–Kier alpha value is -0.610. The molecule has 0 aromatic heterocycles. The van der Waals surface area contributed by atoms with Gasteiger partial charge in [0.05, 0.1) is 6.61 Å². The van der Waals surface area contributed by atoms with E-state index in [1.165, 1.54) is 0 Å². The van der Waals surface area contributed by atoms with Crippen molar-refractivity contribution >= 4 is 5.97 Å². The number of carbonyl (C=O) groups is 1. The summed E-state index contributed by atoms with van der Waals surface area (Å²) in [4.78, 5) is 14.3. The number of likely N-dealkylation sites (tertiary alicyclic amines) is 1. The first kappa shape index (κ1) is 12.8. The fourth-order valence-corrected chi connectivity index (χ4v) is 3.18. The van der Waals surface area contributed by atoms with E-state index in [0.717, 1.165) is 13.0 Å². The lowest BCUT2D eigenvalue weighted by atomic mass is 9.76. The van der Waals surface area contributed by atoms with Crippen molar-refractivity contribution in [1.29, 1.82) is 0 Å². The van der Waals surface area contributed by atoms with Crippen molar-refractivity contribution in [2.24, 2.45) is 5.92 Å². The van der Waals surface area contributed by atoms with Crippen LogP contribution in [0, 0.1) is 5.92 Å². The molecule has 0 unspecified atom stereocenters. The molecule has 0 amide bonds. The Balaban J connectivity index is 2.15. The van der Waals surface area contributed by atoms with Gasteiger partial charge < -0.3 is 14.4 Å². The summed E-state index contributed by atoms with van der Waals surface area (Å²) in [7, 11) is 2.12. The molecule has 98 valence electrons. The van der Waals surface area contributed by atoms with Crippen LogP contribution in [0.15, 0.2) is 0 Å². The molecule has 0 bridgehead atoms. The van der Waals surface area contributed by atoms with E-state index < -0.39 is 5.60 Å². The number of epoxide rings is 1. The number of hydrogen-bond acceptors (Lipinski definition) is 4. The van der Waals surface area contributed by atoms with E-state index in [9.17, 15) is 4.79 Å². The highest BCUT2D eigenvalue weighted by atomic mass is 16.7. The number of esters is 1. The largest absolute Gasteiger partial charge is 0.464 e. The molecule has 0 aromatic rings. The van der Waals surface area contributed by atoms with Crippen molar-refractivity contribution in [3.8, 4) is 0 Å². The van der Waals surface area contributed by atoms with Gasteiger partial charge in [0.2, 0.25) is 0 Å². The Bertz CT molecular complexity index is 333. The van der Waals surface area contributed by atoms with Crippen LogP contribution >= 0.6 is 0 Å². The molecule has 4 heteroatoms. The standard InChI is InChI=1S/C13H23NO3/c1-6-16-11(15)12(4)13(17-12)7-10(3)14(5)8-9(13)2/h9-10H,6-8H2,1-5H3/t9-,10-,12+,13+/m1/s1. The lowest BCUT2D eigenvalue weighted by Gasteiger charge is -2.39. The molecule has 4 atom stereocenters. The van der Waals surface area contributed by atoms with Crippen LogP contribution in [0.25, 0.3) is 0 Å². The van der Waals surface area contributed by atoms with Crippen LogP contribution in [0.2, 0.25) is 0 Å². The van der Waals surface area contributed by atoms with Crippen LogP contribution < -0.4 is 0 Å². The minimum Gasteiger partial charge on any atom is -0.464 e. The maximum atomic E-state index is 12.0. The third-order valence-corrected chi connectivity index (χ3v) is 4.53. The van der Waals surface area contributed by atoms with E-state index >= 15 is 0 Å². The van der Waals surface area contributed by atoms with E-state index in [0.29, 0.717) is 18.6 Å². The maximum absolute atomic E-state index is 12.0. The summed E-state index contributed by atoms with van der Waals surface area (Å²) in [5.74, 6) is 0.154. The third-order valence-electron chi connectivity index (χ3n) is 4.53. The van der Waals surface area contributed by atoms with E-state index in [1.807, 2.05) is 13.8 Å². The minimum atomic E-state index is -0.724. The Morgan fingerprint density at radius 1 is 1.53 bits per heavy atom. The number of nitrogens with zero attached hydrogens (tertiary/aromatic N) is 1. The molecule has 2 heterocycles. The van der Waals surface area contributed by atoms with Gasteiger partial charge in [0.1, 0.15) is 5.60 Å². The first-order valence-electron chi connectivity index (χ1n) is 6.45. The molecule has 2 aliphatic heterocycles. The lowest BCUT2D eigenvalue weighted by molar-refractivity contribution is -0.149. The predicted octanol–water partition coefficient (Wildman–Crippen LogP) is 1.44. The topological polar surface area (TPSA) is 42.1 Å².